The van der Waals surface area contributed by atoms with Crippen LogP contribution in [0.4, 0.5) is 0 Å². The number of carbonyl (C=O) groups is 2. The van der Waals surface area contributed by atoms with Gasteiger partial charge in [0, 0.05) is 0 Å². The molecule has 0 rings (SSSR count). The first-order valence-corrected chi connectivity index (χ1v) is 1.93. The van der Waals surface area contributed by atoms with Crippen molar-refractivity contribution in [2.24, 2.45) is 11.5 Å². The summed E-state index contributed by atoms with van der Waals surface area (Å²) in [4.78, 5) is 19.7. The molecule has 9 heavy (non-hydrogen) atoms. The van der Waals surface area contributed by atoms with E-state index in [1.54, 1.807) is 0 Å². The van der Waals surface area contributed by atoms with E-state index in [0.717, 1.165) is 0 Å². The van der Waals surface area contributed by atoms with Crippen LogP contribution in [0, 0.1) is 0 Å². The van der Waals surface area contributed by atoms with Crippen molar-refractivity contribution in [3.63, 3.8) is 0 Å². The molecule has 0 radical (unpaired) electrons. The number of aliphatic hydroxyl groups is 1. The number of carbonyl (C=O) groups excluding carboxylic acids is 1. The maximum Gasteiger partial charge on any atom is 0.361 e. The highest BCUT2D eigenvalue weighted by atomic mass is 16.4. The topological polar surface area (TPSA) is 127 Å². The first-order chi connectivity index (χ1) is 3.89. The molecule has 0 heterocycles. The molecule has 0 unspecified atom stereocenters. The lowest BCUT2D eigenvalue weighted by atomic mass is 10.2. The SMILES string of the molecule is NC(=O)[C@](N)(O)C(=O)O. The van der Waals surface area contributed by atoms with E-state index >= 15 is 0 Å². The normalized spacial score (nSPS) is 16.2. The van der Waals surface area contributed by atoms with E-state index in [1.165, 1.54) is 0 Å². The molecular weight excluding hydrogens is 128 g/mol. The van der Waals surface area contributed by atoms with Gasteiger partial charge in [0.25, 0.3) is 11.6 Å². The Morgan fingerprint density at radius 1 is 1.44 bits per heavy atom. The predicted octanol–water partition coefficient (Wildman–Crippen LogP) is -2.80. The number of amides is 1. The van der Waals surface area contributed by atoms with Gasteiger partial charge in [0.1, 0.15) is 0 Å². The number of primary amides is 1. The number of nitrogens with two attached hydrogens (primary N) is 2. The fraction of sp³-hybridized carbons (Fsp3) is 0.333. The summed E-state index contributed by atoms with van der Waals surface area (Å²) in [6.07, 6.45) is 0. The number of carboxylic acid groups (broad SMARTS) is 1. The molecule has 0 bridgehead atoms. The second-order valence-electron chi connectivity index (χ2n) is 1.44. The Hall–Kier alpha value is -1.14. The minimum absolute atomic E-state index is 1.49. The predicted molar refractivity (Wildman–Crippen MR) is 26.0 cm³/mol. The van der Waals surface area contributed by atoms with Crippen molar-refractivity contribution < 1.29 is 19.8 Å². The van der Waals surface area contributed by atoms with Gasteiger partial charge in [0.05, 0.1) is 0 Å². The van der Waals surface area contributed by atoms with Crippen molar-refractivity contribution in [1.29, 1.82) is 0 Å². The summed E-state index contributed by atoms with van der Waals surface area (Å²) in [7, 11) is 0. The first kappa shape index (κ1) is 7.86. The minimum atomic E-state index is -2.94. The molecule has 0 aromatic carbocycles. The monoisotopic (exact) mass is 134 g/mol. The van der Waals surface area contributed by atoms with Crippen LogP contribution >= 0.6 is 0 Å². The van der Waals surface area contributed by atoms with E-state index in [2.05, 4.69) is 11.5 Å². The third-order valence-electron chi connectivity index (χ3n) is 0.702. The van der Waals surface area contributed by atoms with E-state index in [-0.39, 0.29) is 0 Å². The Morgan fingerprint density at radius 2 is 1.78 bits per heavy atom. The standard InChI is InChI=1S/C3H6N2O4/c4-1(6)3(5,9)2(7)8/h9H,5H2,(H2,4,6)(H,7,8)/t3-/m0/s1. The molecule has 52 valence electrons. The molecule has 0 saturated carbocycles. The van der Waals surface area contributed by atoms with Gasteiger partial charge < -0.3 is 15.9 Å². The summed E-state index contributed by atoms with van der Waals surface area (Å²) in [6.45, 7) is 0. The Kier molecular flexibility index (Phi) is 1.74. The molecule has 0 aliphatic carbocycles. The van der Waals surface area contributed by atoms with Gasteiger partial charge >= 0.3 is 5.97 Å². The molecule has 0 aromatic heterocycles. The van der Waals surface area contributed by atoms with E-state index in [9.17, 15) is 9.59 Å². The highest BCUT2D eigenvalue weighted by Gasteiger charge is 2.37. The van der Waals surface area contributed by atoms with Crippen LogP contribution in [0.25, 0.3) is 0 Å². The van der Waals surface area contributed by atoms with E-state index < -0.39 is 17.6 Å². The molecule has 0 aliphatic rings. The second-order valence-corrected chi connectivity index (χ2v) is 1.44. The summed E-state index contributed by atoms with van der Waals surface area (Å²) >= 11 is 0. The highest BCUT2D eigenvalue weighted by Crippen LogP contribution is 1.90. The lowest BCUT2D eigenvalue weighted by molar-refractivity contribution is -0.164. The van der Waals surface area contributed by atoms with E-state index in [4.69, 9.17) is 10.2 Å². The summed E-state index contributed by atoms with van der Waals surface area (Å²) in [5, 5.41) is 16.3. The largest absolute Gasteiger partial charge is 0.478 e. The van der Waals surface area contributed by atoms with Gasteiger partial charge in [-0.05, 0) is 0 Å². The van der Waals surface area contributed by atoms with Crippen LogP contribution in [0.3, 0.4) is 0 Å². The number of carboxylic acids is 1. The van der Waals surface area contributed by atoms with Crippen LogP contribution in [0.1, 0.15) is 0 Å². The summed E-state index contributed by atoms with van der Waals surface area (Å²) in [6, 6.07) is 0. The number of aliphatic carboxylic acids is 1. The molecule has 6 heteroatoms. The lowest BCUT2D eigenvalue weighted by Gasteiger charge is -2.11. The minimum Gasteiger partial charge on any atom is -0.478 e. The van der Waals surface area contributed by atoms with Gasteiger partial charge in [-0.15, -0.1) is 0 Å². The fourth-order valence-electron chi connectivity index (χ4n) is 0.105. The van der Waals surface area contributed by atoms with Crippen LogP contribution in [-0.2, 0) is 9.59 Å². The van der Waals surface area contributed by atoms with Gasteiger partial charge in [-0.25, -0.2) is 4.79 Å². The summed E-state index contributed by atoms with van der Waals surface area (Å²) in [5.74, 6) is -3.36. The second kappa shape index (κ2) is 2.00. The third-order valence-corrected chi connectivity index (χ3v) is 0.702. The average Bonchev–Trinajstić information content (AvgIpc) is 1.65. The number of hydrogen-bond acceptors (Lipinski definition) is 4. The molecule has 0 aromatic rings. The molecular formula is C3H6N2O4. The van der Waals surface area contributed by atoms with Crippen LogP contribution in [-0.4, -0.2) is 27.8 Å². The highest BCUT2D eigenvalue weighted by molar-refractivity contribution is 6.03. The zero-order valence-electron chi connectivity index (χ0n) is 4.37. The molecule has 1 amide bonds. The van der Waals surface area contributed by atoms with Gasteiger partial charge in [0.2, 0.25) is 0 Å². The quantitative estimate of drug-likeness (QED) is 0.239. The van der Waals surface area contributed by atoms with Gasteiger partial charge in [-0.3, -0.25) is 10.5 Å². The van der Waals surface area contributed by atoms with Crippen molar-refractivity contribution in [3.8, 4) is 0 Å². The molecule has 6 nitrogen and oxygen atoms in total. The molecule has 1 atom stereocenters. The van der Waals surface area contributed by atoms with Crippen LogP contribution in [0.5, 0.6) is 0 Å². The maximum absolute atomic E-state index is 9.93. The molecule has 0 aliphatic heterocycles. The number of hydrogen-bond donors (Lipinski definition) is 4. The van der Waals surface area contributed by atoms with E-state index in [1.807, 2.05) is 0 Å². The van der Waals surface area contributed by atoms with Crippen LogP contribution in [0.2, 0.25) is 0 Å². The molecule has 0 fully saturated rings. The first-order valence-electron chi connectivity index (χ1n) is 1.93. The average molecular weight is 134 g/mol. The van der Waals surface area contributed by atoms with Crippen molar-refractivity contribution in [1.82, 2.24) is 0 Å². The zero-order valence-corrected chi connectivity index (χ0v) is 4.37. The zero-order chi connectivity index (χ0) is 7.65. The van der Waals surface area contributed by atoms with Gasteiger partial charge in [0.15, 0.2) is 0 Å². The number of rotatable bonds is 2. The Labute approximate surface area is 50.1 Å². The smallest absolute Gasteiger partial charge is 0.361 e. The van der Waals surface area contributed by atoms with Crippen molar-refractivity contribution >= 4 is 11.9 Å². The molecule has 0 spiro atoms. The van der Waals surface area contributed by atoms with Gasteiger partial charge in [-0.1, -0.05) is 0 Å². The van der Waals surface area contributed by atoms with Crippen molar-refractivity contribution in [2.75, 3.05) is 0 Å². The fourth-order valence-corrected chi connectivity index (χ4v) is 0.105. The van der Waals surface area contributed by atoms with Crippen molar-refractivity contribution in [3.05, 3.63) is 0 Å². The summed E-state index contributed by atoms with van der Waals surface area (Å²) in [5.41, 5.74) is 5.92. The maximum atomic E-state index is 9.93. The van der Waals surface area contributed by atoms with Gasteiger partial charge in [-0.2, -0.15) is 0 Å². The Balaban J connectivity index is 4.38. The molecule has 6 N–H and O–H groups in total. The molecule has 0 saturated heterocycles. The summed E-state index contributed by atoms with van der Waals surface area (Å²) < 4.78 is 0. The van der Waals surface area contributed by atoms with Crippen molar-refractivity contribution in [2.45, 2.75) is 5.72 Å². The van der Waals surface area contributed by atoms with Crippen LogP contribution < -0.4 is 11.5 Å². The Morgan fingerprint density at radius 3 is 1.78 bits per heavy atom. The van der Waals surface area contributed by atoms with E-state index in [0.29, 0.717) is 0 Å². The van der Waals surface area contributed by atoms with Crippen LogP contribution in [0.15, 0.2) is 0 Å². The Bertz CT molecular complexity index is 136. The third kappa shape index (κ3) is 1.37. The lowest BCUT2D eigenvalue weighted by Crippen LogP contribution is -2.58.